The molecule has 1 heterocycles. The molecule has 1 saturated heterocycles. The highest BCUT2D eigenvalue weighted by atomic mass is 16.5. The number of rotatable bonds is 3. The van der Waals surface area contributed by atoms with E-state index in [2.05, 4.69) is 18.7 Å². The molecule has 0 bridgehead atoms. The summed E-state index contributed by atoms with van der Waals surface area (Å²) in [5.74, 6) is 0. The normalized spacial score (nSPS) is 35.1. The fourth-order valence-electron chi connectivity index (χ4n) is 2.56. The summed E-state index contributed by atoms with van der Waals surface area (Å²) < 4.78 is 5.69. The van der Waals surface area contributed by atoms with Crippen molar-refractivity contribution in [2.45, 2.75) is 57.5 Å². The molecule has 2 fully saturated rings. The maximum atomic E-state index is 9.71. The van der Waals surface area contributed by atoms with Crippen molar-refractivity contribution in [2.24, 2.45) is 0 Å². The Kier molecular flexibility index (Phi) is 3.10. The summed E-state index contributed by atoms with van der Waals surface area (Å²) in [7, 11) is 0. The molecule has 3 heteroatoms. The molecule has 14 heavy (non-hydrogen) atoms. The Bertz CT molecular complexity index is 190. The van der Waals surface area contributed by atoms with E-state index in [9.17, 15) is 5.11 Å². The maximum absolute atomic E-state index is 9.71. The number of hydrogen-bond donors (Lipinski definition) is 1. The van der Waals surface area contributed by atoms with Crippen molar-refractivity contribution < 1.29 is 9.84 Å². The van der Waals surface area contributed by atoms with Crippen molar-refractivity contribution in [3.8, 4) is 0 Å². The van der Waals surface area contributed by atoms with E-state index in [4.69, 9.17) is 4.74 Å². The molecule has 1 aliphatic heterocycles. The largest absolute Gasteiger partial charge is 0.391 e. The van der Waals surface area contributed by atoms with Crippen molar-refractivity contribution in [3.05, 3.63) is 0 Å². The van der Waals surface area contributed by atoms with Crippen LogP contribution in [0.25, 0.3) is 0 Å². The Labute approximate surface area is 86.0 Å². The van der Waals surface area contributed by atoms with Gasteiger partial charge in [-0.15, -0.1) is 0 Å². The molecule has 3 nitrogen and oxygen atoms in total. The van der Waals surface area contributed by atoms with E-state index >= 15 is 0 Å². The molecular formula is C11H21NO2. The first-order valence-corrected chi connectivity index (χ1v) is 5.74. The van der Waals surface area contributed by atoms with Crippen LogP contribution < -0.4 is 0 Å². The molecule has 1 aliphatic carbocycles. The minimum absolute atomic E-state index is 0.0880. The van der Waals surface area contributed by atoms with Gasteiger partial charge in [0.2, 0.25) is 0 Å². The third-order valence-electron chi connectivity index (χ3n) is 3.25. The molecule has 0 radical (unpaired) electrons. The standard InChI is InChI=1S/C11H21NO2/c1-8(2)14-9-6-12(7-9)10-4-3-5-11(10)13/h8-11,13H,3-7H2,1-2H3. The number of likely N-dealkylation sites (tertiary alicyclic amines) is 1. The lowest BCUT2D eigenvalue weighted by molar-refractivity contribution is -0.106. The highest BCUT2D eigenvalue weighted by molar-refractivity contribution is 4.93. The summed E-state index contributed by atoms with van der Waals surface area (Å²) in [6.07, 6.45) is 3.97. The number of aliphatic hydroxyl groups is 1. The third kappa shape index (κ3) is 2.10. The number of aliphatic hydroxyl groups excluding tert-OH is 1. The molecule has 0 amide bonds. The van der Waals surface area contributed by atoms with E-state index < -0.39 is 0 Å². The van der Waals surface area contributed by atoms with E-state index in [0.29, 0.717) is 18.2 Å². The van der Waals surface area contributed by atoms with Crippen LogP contribution in [0, 0.1) is 0 Å². The second kappa shape index (κ2) is 4.17. The van der Waals surface area contributed by atoms with Crippen molar-refractivity contribution in [1.82, 2.24) is 4.90 Å². The molecule has 2 atom stereocenters. The summed E-state index contributed by atoms with van der Waals surface area (Å²) in [4.78, 5) is 2.37. The molecule has 2 rings (SSSR count). The van der Waals surface area contributed by atoms with E-state index in [0.717, 1.165) is 25.9 Å². The van der Waals surface area contributed by atoms with Gasteiger partial charge in [0.05, 0.1) is 18.3 Å². The van der Waals surface area contributed by atoms with Crippen molar-refractivity contribution in [1.29, 1.82) is 0 Å². The predicted molar refractivity (Wildman–Crippen MR) is 55.2 cm³/mol. The van der Waals surface area contributed by atoms with E-state index in [1.165, 1.54) is 6.42 Å². The van der Waals surface area contributed by atoms with Crippen LogP contribution in [-0.2, 0) is 4.74 Å². The second-order valence-electron chi connectivity index (χ2n) is 4.83. The van der Waals surface area contributed by atoms with Gasteiger partial charge in [0, 0.05) is 19.1 Å². The average molecular weight is 199 g/mol. The first-order valence-electron chi connectivity index (χ1n) is 5.74. The lowest BCUT2D eigenvalue weighted by Gasteiger charge is -2.44. The predicted octanol–water partition coefficient (Wildman–Crippen LogP) is 1.01. The molecule has 2 unspecified atom stereocenters. The Morgan fingerprint density at radius 2 is 2.00 bits per heavy atom. The SMILES string of the molecule is CC(C)OC1CN(C2CCCC2O)C1. The molecule has 0 aromatic heterocycles. The fraction of sp³-hybridized carbons (Fsp3) is 1.00. The van der Waals surface area contributed by atoms with Crippen LogP contribution in [0.5, 0.6) is 0 Å². The lowest BCUT2D eigenvalue weighted by atomic mass is 10.1. The molecule has 1 saturated carbocycles. The molecular weight excluding hydrogens is 178 g/mol. The summed E-state index contributed by atoms with van der Waals surface area (Å²) in [5.41, 5.74) is 0. The minimum atomic E-state index is -0.0880. The third-order valence-corrected chi connectivity index (χ3v) is 3.25. The van der Waals surface area contributed by atoms with Crippen LogP contribution in [0.2, 0.25) is 0 Å². The number of hydrogen-bond acceptors (Lipinski definition) is 3. The van der Waals surface area contributed by atoms with Crippen LogP contribution in [0.3, 0.4) is 0 Å². The van der Waals surface area contributed by atoms with Gasteiger partial charge in [0.25, 0.3) is 0 Å². The Morgan fingerprint density at radius 3 is 2.50 bits per heavy atom. The average Bonchev–Trinajstić information content (AvgIpc) is 2.42. The smallest absolute Gasteiger partial charge is 0.0832 e. The topological polar surface area (TPSA) is 32.7 Å². The number of ether oxygens (including phenoxy) is 1. The van der Waals surface area contributed by atoms with Gasteiger partial charge in [-0.05, 0) is 33.1 Å². The van der Waals surface area contributed by atoms with Gasteiger partial charge in [-0.25, -0.2) is 0 Å². The van der Waals surface area contributed by atoms with Crippen molar-refractivity contribution in [3.63, 3.8) is 0 Å². The summed E-state index contributed by atoms with van der Waals surface area (Å²) in [6, 6.07) is 0.419. The van der Waals surface area contributed by atoms with E-state index in [1.54, 1.807) is 0 Å². The Balaban J connectivity index is 1.72. The highest BCUT2D eigenvalue weighted by Crippen LogP contribution is 2.28. The molecule has 0 aromatic carbocycles. The van der Waals surface area contributed by atoms with Crippen molar-refractivity contribution in [2.75, 3.05) is 13.1 Å². The monoisotopic (exact) mass is 199 g/mol. The maximum Gasteiger partial charge on any atom is 0.0832 e. The van der Waals surface area contributed by atoms with E-state index in [-0.39, 0.29) is 6.10 Å². The Hall–Kier alpha value is -0.120. The zero-order valence-corrected chi connectivity index (χ0v) is 9.15. The van der Waals surface area contributed by atoms with Gasteiger partial charge in [-0.1, -0.05) is 0 Å². The number of nitrogens with zero attached hydrogens (tertiary/aromatic N) is 1. The lowest BCUT2D eigenvalue weighted by Crippen LogP contribution is -2.58. The first-order chi connectivity index (χ1) is 6.66. The van der Waals surface area contributed by atoms with Crippen molar-refractivity contribution >= 4 is 0 Å². The van der Waals surface area contributed by atoms with Gasteiger partial charge in [-0.2, -0.15) is 0 Å². The zero-order valence-electron chi connectivity index (χ0n) is 9.15. The van der Waals surface area contributed by atoms with Gasteiger partial charge < -0.3 is 9.84 Å². The van der Waals surface area contributed by atoms with Gasteiger partial charge >= 0.3 is 0 Å². The van der Waals surface area contributed by atoms with Gasteiger partial charge in [-0.3, -0.25) is 4.90 Å². The van der Waals surface area contributed by atoms with Crippen LogP contribution in [0.1, 0.15) is 33.1 Å². The van der Waals surface area contributed by atoms with Crippen LogP contribution >= 0.6 is 0 Å². The minimum Gasteiger partial charge on any atom is -0.391 e. The van der Waals surface area contributed by atoms with Crippen LogP contribution in [-0.4, -0.2) is 47.4 Å². The molecule has 1 N–H and O–H groups in total. The summed E-state index contributed by atoms with van der Waals surface area (Å²) >= 11 is 0. The second-order valence-corrected chi connectivity index (χ2v) is 4.83. The van der Waals surface area contributed by atoms with Gasteiger partial charge in [0.1, 0.15) is 0 Å². The van der Waals surface area contributed by atoms with E-state index in [1.807, 2.05) is 0 Å². The first kappa shape index (κ1) is 10.4. The quantitative estimate of drug-likeness (QED) is 0.736. The molecule has 0 aromatic rings. The van der Waals surface area contributed by atoms with Gasteiger partial charge in [0.15, 0.2) is 0 Å². The summed E-state index contributed by atoms with van der Waals surface area (Å²) in [6.45, 7) is 6.18. The molecule has 2 aliphatic rings. The molecule has 82 valence electrons. The zero-order chi connectivity index (χ0) is 10.1. The van der Waals surface area contributed by atoms with Crippen LogP contribution in [0.15, 0.2) is 0 Å². The van der Waals surface area contributed by atoms with Crippen LogP contribution in [0.4, 0.5) is 0 Å². The summed E-state index contributed by atoms with van der Waals surface area (Å²) in [5, 5.41) is 9.71. The fourth-order valence-corrected chi connectivity index (χ4v) is 2.56. The molecule has 0 spiro atoms. The highest BCUT2D eigenvalue weighted by Gasteiger charge is 2.38. The Morgan fingerprint density at radius 1 is 1.29 bits per heavy atom.